The molecule has 0 fully saturated rings. The summed E-state index contributed by atoms with van der Waals surface area (Å²) < 4.78 is 0. The first-order chi connectivity index (χ1) is 10.3. The lowest BCUT2D eigenvalue weighted by molar-refractivity contribution is 0.0951. The second-order valence-corrected chi connectivity index (χ2v) is 3.70. The highest BCUT2D eigenvalue weighted by Gasteiger charge is 2.07. The Morgan fingerprint density at radius 3 is 1.71 bits per heavy atom. The highest BCUT2D eigenvalue weighted by atomic mass is 16.2. The maximum absolute atomic E-state index is 11.9. The highest BCUT2D eigenvalue weighted by molar-refractivity contribution is 5.94. The van der Waals surface area contributed by atoms with Gasteiger partial charge in [0.15, 0.2) is 0 Å². The molecule has 0 bridgehead atoms. The van der Waals surface area contributed by atoms with Crippen molar-refractivity contribution in [3.63, 3.8) is 0 Å². The molecule has 2 rings (SSSR count). The van der Waals surface area contributed by atoms with E-state index in [1.807, 2.05) is 83.3 Å². The summed E-state index contributed by atoms with van der Waals surface area (Å²) in [4.78, 5) is 11.9. The molecule has 0 atom stereocenters. The second kappa shape index (κ2) is 11.5. The normalized spacial score (nSPS) is 8.43. The van der Waals surface area contributed by atoms with Crippen molar-refractivity contribution >= 4 is 11.6 Å². The van der Waals surface area contributed by atoms with Crippen LogP contribution in [-0.2, 0) is 0 Å². The lowest BCUT2D eigenvalue weighted by atomic mass is 10.2. The summed E-state index contributed by atoms with van der Waals surface area (Å²) in [5, 5.41) is 1.70. The van der Waals surface area contributed by atoms with Gasteiger partial charge in [-0.1, -0.05) is 64.1 Å². The zero-order chi connectivity index (χ0) is 16.1. The van der Waals surface area contributed by atoms with E-state index in [2.05, 4.69) is 5.43 Å². The molecule has 1 amide bonds. The molecular formula is C18H26N2O. The number of hydrazine groups is 1. The zero-order valence-electron chi connectivity index (χ0n) is 13.6. The Hall–Kier alpha value is -2.29. The van der Waals surface area contributed by atoms with E-state index in [1.165, 1.54) is 0 Å². The van der Waals surface area contributed by atoms with Crippen LogP contribution in [0.1, 0.15) is 38.1 Å². The summed E-state index contributed by atoms with van der Waals surface area (Å²) in [6.45, 7) is 8.00. The van der Waals surface area contributed by atoms with E-state index in [0.29, 0.717) is 5.56 Å². The quantitative estimate of drug-likeness (QED) is 0.841. The molecular weight excluding hydrogens is 260 g/mol. The summed E-state index contributed by atoms with van der Waals surface area (Å²) in [5.41, 5.74) is 4.40. The smallest absolute Gasteiger partial charge is 0.269 e. The molecule has 0 aliphatic heterocycles. The number of carbonyl (C=O) groups excluding carboxylic acids is 1. The monoisotopic (exact) mass is 286 g/mol. The van der Waals surface area contributed by atoms with Gasteiger partial charge >= 0.3 is 0 Å². The Bertz CT molecular complexity index is 483. The van der Waals surface area contributed by atoms with Gasteiger partial charge in [0.05, 0.1) is 5.69 Å². The van der Waals surface area contributed by atoms with Crippen molar-refractivity contribution in [1.29, 1.82) is 0 Å². The molecule has 2 aromatic carbocycles. The highest BCUT2D eigenvalue weighted by Crippen LogP contribution is 2.09. The van der Waals surface area contributed by atoms with Crippen LogP contribution in [0.5, 0.6) is 0 Å². The average Bonchev–Trinajstić information content (AvgIpc) is 2.60. The first-order valence-electron chi connectivity index (χ1n) is 7.42. The molecule has 3 heteroatoms. The SMILES string of the molecule is CC.CC.CN(NC(=O)c1ccccc1)c1ccccc1. The summed E-state index contributed by atoms with van der Waals surface area (Å²) in [5.74, 6) is -0.114. The minimum Gasteiger partial charge on any atom is -0.288 e. The van der Waals surface area contributed by atoms with Gasteiger partial charge < -0.3 is 0 Å². The van der Waals surface area contributed by atoms with E-state index >= 15 is 0 Å². The average molecular weight is 286 g/mol. The number of rotatable bonds is 3. The van der Waals surface area contributed by atoms with Gasteiger partial charge in [-0.05, 0) is 24.3 Å². The summed E-state index contributed by atoms with van der Waals surface area (Å²) in [6, 6.07) is 18.8. The van der Waals surface area contributed by atoms with E-state index in [0.717, 1.165) is 5.69 Å². The van der Waals surface area contributed by atoms with Crippen LogP contribution in [0.4, 0.5) is 5.69 Å². The number of carbonyl (C=O) groups is 1. The number of hydrogen-bond donors (Lipinski definition) is 1. The zero-order valence-corrected chi connectivity index (χ0v) is 13.6. The van der Waals surface area contributed by atoms with Crippen LogP contribution < -0.4 is 10.4 Å². The third-order valence-electron chi connectivity index (χ3n) is 2.45. The van der Waals surface area contributed by atoms with Crippen LogP contribution in [0.25, 0.3) is 0 Å². The Morgan fingerprint density at radius 2 is 1.24 bits per heavy atom. The summed E-state index contributed by atoms with van der Waals surface area (Å²) in [6.07, 6.45) is 0. The summed E-state index contributed by atoms with van der Waals surface area (Å²) >= 11 is 0. The molecule has 0 saturated carbocycles. The number of nitrogens with one attached hydrogen (secondary N) is 1. The van der Waals surface area contributed by atoms with Crippen molar-refractivity contribution in [3.8, 4) is 0 Å². The molecule has 0 aromatic heterocycles. The maximum atomic E-state index is 11.9. The summed E-state index contributed by atoms with van der Waals surface area (Å²) in [7, 11) is 1.82. The molecule has 2 aromatic rings. The molecule has 3 nitrogen and oxygen atoms in total. The third-order valence-corrected chi connectivity index (χ3v) is 2.45. The molecule has 0 radical (unpaired) electrons. The lowest BCUT2D eigenvalue weighted by Gasteiger charge is -2.20. The fraction of sp³-hybridized carbons (Fsp3) is 0.278. The van der Waals surface area contributed by atoms with E-state index < -0.39 is 0 Å². The number of amides is 1. The van der Waals surface area contributed by atoms with Crippen molar-refractivity contribution in [3.05, 3.63) is 66.2 Å². The Balaban J connectivity index is 0.000000921. The first-order valence-corrected chi connectivity index (χ1v) is 7.42. The standard InChI is InChI=1S/C14H14N2O.2C2H6/c1-16(13-10-6-3-7-11-13)15-14(17)12-8-4-2-5-9-12;2*1-2/h2-11H,1H3,(H,15,17);2*1-2H3. The van der Waals surface area contributed by atoms with E-state index in [1.54, 1.807) is 17.1 Å². The van der Waals surface area contributed by atoms with Crippen LogP contribution in [-0.4, -0.2) is 13.0 Å². The second-order valence-electron chi connectivity index (χ2n) is 3.70. The predicted molar refractivity (Wildman–Crippen MR) is 91.4 cm³/mol. The van der Waals surface area contributed by atoms with E-state index in [9.17, 15) is 4.79 Å². The van der Waals surface area contributed by atoms with Crippen LogP contribution in [0.3, 0.4) is 0 Å². The molecule has 0 aliphatic carbocycles. The van der Waals surface area contributed by atoms with Crippen LogP contribution in [0.2, 0.25) is 0 Å². The van der Waals surface area contributed by atoms with Gasteiger partial charge in [0, 0.05) is 12.6 Å². The van der Waals surface area contributed by atoms with Crippen LogP contribution in [0.15, 0.2) is 60.7 Å². The number of hydrogen-bond acceptors (Lipinski definition) is 2. The largest absolute Gasteiger partial charge is 0.288 e. The van der Waals surface area contributed by atoms with Gasteiger partial charge in [-0.2, -0.15) is 0 Å². The Kier molecular flexibility index (Phi) is 10.3. The molecule has 0 spiro atoms. The number of anilines is 1. The molecule has 0 heterocycles. The van der Waals surface area contributed by atoms with Crippen molar-refractivity contribution in [2.45, 2.75) is 27.7 Å². The van der Waals surface area contributed by atoms with Gasteiger partial charge in [-0.15, -0.1) is 0 Å². The molecule has 21 heavy (non-hydrogen) atoms. The number of para-hydroxylation sites is 1. The Labute approximate surface area is 128 Å². The first kappa shape index (κ1) is 18.7. The van der Waals surface area contributed by atoms with E-state index in [4.69, 9.17) is 0 Å². The van der Waals surface area contributed by atoms with Crippen molar-refractivity contribution in [2.24, 2.45) is 0 Å². The lowest BCUT2D eigenvalue weighted by Crippen LogP contribution is -2.39. The molecule has 0 saturated heterocycles. The van der Waals surface area contributed by atoms with Gasteiger partial charge in [0.25, 0.3) is 5.91 Å². The molecule has 114 valence electrons. The van der Waals surface area contributed by atoms with Gasteiger partial charge in [-0.3, -0.25) is 15.2 Å². The topological polar surface area (TPSA) is 32.3 Å². The molecule has 0 aliphatic rings. The van der Waals surface area contributed by atoms with Crippen LogP contribution >= 0.6 is 0 Å². The van der Waals surface area contributed by atoms with Gasteiger partial charge in [0.1, 0.15) is 0 Å². The van der Waals surface area contributed by atoms with Crippen molar-refractivity contribution in [2.75, 3.05) is 12.1 Å². The minimum absolute atomic E-state index is 0.114. The predicted octanol–water partition coefficient (Wildman–Crippen LogP) is 4.52. The van der Waals surface area contributed by atoms with Crippen molar-refractivity contribution < 1.29 is 4.79 Å². The van der Waals surface area contributed by atoms with Gasteiger partial charge in [0.2, 0.25) is 0 Å². The van der Waals surface area contributed by atoms with Gasteiger partial charge in [-0.25, -0.2) is 0 Å². The fourth-order valence-electron chi connectivity index (χ4n) is 1.52. The number of benzene rings is 2. The maximum Gasteiger partial charge on any atom is 0.269 e. The van der Waals surface area contributed by atoms with E-state index in [-0.39, 0.29) is 5.91 Å². The van der Waals surface area contributed by atoms with Crippen LogP contribution in [0, 0.1) is 0 Å². The van der Waals surface area contributed by atoms with Crippen molar-refractivity contribution in [1.82, 2.24) is 5.43 Å². The number of nitrogens with zero attached hydrogens (tertiary/aromatic N) is 1. The minimum atomic E-state index is -0.114. The Morgan fingerprint density at radius 1 is 0.810 bits per heavy atom. The fourth-order valence-corrected chi connectivity index (χ4v) is 1.52. The molecule has 0 unspecified atom stereocenters. The third kappa shape index (κ3) is 6.61. The molecule has 1 N–H and O–H groups in total.